The first-order chi connectivity index (χ1) is 14.3. The second-order valence-corrected chi connectivity index (χ2v) is 7.70. The summed E-state index contributed by atoms with van der Waals surface area (Å²) in [4.78, 5) is 11.3. The Balaban J connectivity index is 1.18. The van der Waals surface area contributed by atoms with Crippen LogP contribution in [0.1, 0.15) is 12.8 Å². The predicted octanol–water partition coefficient (Wildman–Crippen LogP) is 1.71. The summed E-state index contributed by atoms with van der Waals surface area (Å²) in [6.07, 6.45) is 9.67. The van der Waals surface area contributed by atoms with Crippen LogP contribution in [-0.4, -0.2) is 72.5 Å². The molecule has 0 unspecified atom stereocenters. The van der Waals surface area contributed by atoms with Crippen LogP contribution in [-0.2, 0) is 4.74 Å². The van der Waals surface area contributed by atoms with Crippen LogP contribution >= 0.6 is 0 Å². The fourth-order valence-corrected chi connectivity index (χ4v) is 4.27. The molecule has 2 fully saturated rings. The van der Waals surface area contributed by atoms with Crippen LogP contribution in [0.2, 0.25) is 0 Å². The summed E-state index contributed by atoms with van der Waals surface area (Å²) >= 11 is 0. The Hall–Kier alpha value is -3.04. The molecule has 0 amide bonds. The molecule has 148 valence electrons. The van der Waals surface area contributed by atoms with Crippen molar-refractivity contribution >= 4 is 17.1 Å². The molecule has 5 heterocycles. The van der Waals surface area contributed by atoms with E-state index in [-0.39, 0.29) is 0 Å². The van der Waals surface area contributed by atoms with Crippen molar-refractivity contribution < 1.29 is 4.74 Å². The van der Waals surface area contributed by atoms with Crippen molar-refractivity contribution in [3.63, 3.8) is 0 Å². The molecule has 0 aromatic carbocycles. The molecule has 9 heteroatoms. The van der Waals surface area contributed by atoms with Gasteiger partial charge in [0, 0.05) is 49.3 Å². The van der Waals surface area contributed by atoms with Crippen LogP contribution in [0.5, 0.6) is 0 Å². The van der Waals surface area contributed by atoms with E-state index in [0.29, 0.717) is 18.0 Å². The van der Waals surface area contributed by atoms with Gasteiger partial charge in [-0.2, -0.15) is 5.10 Å². The number of imidazole rings is 1. The van der Waals surface area contributed by atoms with E-state index in [1.807, 2.05) is 41.3 Å². The Morgan fingerprint density at radius 3 is 2.76 bits per heavy atom. The van der Waals surface area contributed by atoms with Crippen LogP contribution in [0, 0.1) is 0 Å². The Kier molecular flexibility index (Phi) is 3.95. The number of nitrogens with zero attached hydrogens (tertiary/aromatic N) is 7. The van der Waals surface area contributed by atoms with Crippen molar-refractivity contribution in [1.82, 2.24) is 34.1 Å². The lowest BCUT2D eigenvalue weighted by Crippen LogP contribution is -2.53. The minimum absolute atomic E-state index is 0.431. The van der Waals surface area contributed by atoms with Crippen molar-refractivity contribution in [2.75, 3.05) is 31.6 Å². The number of nitrogens with one attached hydrogen (secondary N) is 1. The zero-order chi connectivity index (χ0) is 19.2. The highest BCUT2D eigenvalue weighted by atomic mass is 16.5. The zero-order valence-corrected chi connectivity index (χ0v) is 16.0. The second-order valence-electron chi connectivity index (χ2n) is 7.70. The fraction of sp³-hybridized carbons (Fsp3) is 0.400. The third-order valence-electron chi connectivity index (χ3n) is 5.96. The van der Waals surface area contributed by atoms with Crippen molar-refractivity contribution in [2.24, 2.45) is 0 Å². The van der Waals surface area contributed by atoms with Gasteiger partial charge in [-0.1, -0.05) is 0 Å². The summed E-state index contributed by atoms with van der Waals surface area (Å²) in [7, 11) is 0. The molecular weight excluding hydrogens is 368 g/mol. The Bertz CT molecular complexity index is 1160. The third-order valence-corrected chi connectivity index (χ3v) is 5.96. The summed E-state index contributed by atoms with van der Waals surface area (Å²) in [5, 5.41) is 12.8. The minimum atomic E-state index is 0.431. The molecule has 0 radical (unpaired) electrons. The molecule has 6 rings (SSSR count). The number of aromatic nitrogens is 6. The van der Waals surface area contributed by atoms with E-state index in [1.165, 1.54) is 0 Å². The van der Waals surface area contributed by atoms with Crippen molar-refractivity contribution in [1.29, 1.82) is 0 Å². The smallest absolute Gasteiger partial charge is 0.241 e. The van der Waals surface area contributed by atoms with Gasteiger partial charge in [0.2, 0.25) is 5.95 Å². The molecule has 1 saturated carbocycles. The van der Waals surface area contributed by atoms with Gasteiger partial charge < -0.3 is 10.1 Å². The number of anilines is 1. The molecule has 1 aliphatic heterocycles. The van der Waals surface area contributed by atoms with E-state index in [9.17, 15) is 0 Å². The van der Waals surface area contributed by atoms with Gasteiger partial charge in [-0.3, -0.25) is 4.90 Å². The summed E-state index contributed by atoms with van der Waals surface area (Å²) in [5.41, 5.74) is 3.64. The molecule has 2 aliphatic rings. The summed E-state index contributed by atoms with van der Waals surface area (Å²) < 4.78 is 9.08. The standard InChI is InChI=1S/C20H22N8O/c1-2-19-21-4-6-28(19)24-17(1)16-3-5-27-18(16)13-22-20(25-27)23-14-11-15(12-14)26-7-9-29-10-8-26/h1-6,13-15H,7-12H2,(H,23,25)/t14-,15+. The molecule has 4 aromatic heterocycles. The van der Waals surface area contributed by atoms with Gasteiger partial charge in [0.1, 0.15) is 0 Å². The molecule has 0 bridgehead atoms. The summed E-state index contributed by atoms with van der Waals surface area (Å²) in [6, 6.07) is 7.05. The molecule has 9 nitrogen and oxygen atoms in total. The van der Waals surface area contributed by atoms with Gasteiger partial charge in [-0.05, 0) is 31.0 Å². The van der Waals surface area contributed by atoms with E-state index < -0.39 is 0 Å². The van der Waals surface area contributed by atoms with E-state index in [4.69, 9.17) is 4.74 Å². The van der Waals surface area contributed by atoms with Crippen LogP contribution in [0.4, 0.5) is 5.95 Å². The Labute approximate surface area is 167 Å². The first kappa shape index (κ1) is 16.9. The van der Waals surface area contributed by atoms with E-state index >= 15 is 0 Å². The lowest BCUT2D eigenvalue weighted by Gasteiger charge is -2.44. The van der Waals surface area contributed by atoms with Gasteiger partial charge in [0.05, 0.1) is 30.6 Å². The number of morpholine rings is 1. The minimum Gasteiger partial charge on any atom is -0.379 e. The molecule has 0 atom stereocenters. The third kappa shape index (κ3) is 3.02. The van der Waals surface area contributed by atoms with Crippen LogP contribution in [0.3, 0.4) is 0 Å². The number of rotatable bonds is 4. The lowest BCUT2D eigenvalue weighted by molar-refractivity contribution is -0.00443. The van der Waals surface area contributed by atoms with Gasteiger partial charge >= 0.3 is 0 Å². The topological polar surface area (TPSA) is 84.9 Å². The van der Waals surface area contributed by atoms with Gasteiger partial charge in [-0.15, -0.1) is 5.10 Å². The van der Waals surface area contributed by atoms with Gasteiger partial charge in [-0.25, -0.2) is 19.0 Å². The maximum atomic E-state index is 5.44. The molecular formula is C20H22N8O. The first-order valence-electron chi connectivity index (χ1n) is 10.1. The average Bonchev–Trinajstić information content (AvgIpc) is 3.36. The zero-order valence-electron chi connectivity index (χ0n) is 16.0. The van der Waals surface area contributed by atoms with Crippen LogP contribution in [0.15, 0.2) is 43.0 Å². The lowest BCUT2D eigenvalue weighted by atomic mass is 9.85. The normalized spacial score (nSPS) is 22.8. The highest BCUT2D eigenvalue weighted by Gasteiger charge is 2.34. The average molecular weight is 390 g/mol. The van der Waals surface area contributed by atoms with E-state index in [2.05, 4.69) is 30.4 Å². The molecule has 4 aromatic rings. The number of hydrogen-bond donors (Lipinski definition) is 1. The predicted molar refractivity (Wildman–Crippen MR) is 108 cm³/mol. The van der Waals surface area contributed by atoms with Crippen molar-refractivity contribution in [3.05, 3.63) is 43.0 Å². The second kappa shape index (κ2) is 6.78. The first-order valence-corrected chi connectivity index (χ1v) is 10.1. The molecule has 1 N–H and O–H groups in total. The van der Waals surface area contributed by atoms with Crippen molar-refractivity contribution in [2.45, 2.75) is 24.9 Å². The van der Waals surface area contributed by atoms with Gasteiger partial charge in [0.25, 0.3) is 0 Å². The molecule has 0 spiro atoms. The van der Waals surface area contributed by atoms with Crippen LogP contribution in [0.25, 0.3) is 22.4 Å². The fourth-order valence-electron chi connectivity index (χ4n) is 4.27. The van der Waals surface area contributed by atoms with Crippen molar-refractivity contribution in [3.8, 4) is 11.3 Å². The van der Waals surface area contributed by atoms with E-state index in [1.54, 1.807) is 10.7 Å². The van der Waals surface area contributed by atoms with Gasteiger partial charge in [0.15, 0.2) is 5.65 Å². The largest absolute Gasteiger partial charge is 0.379 e. The number of ether oxygens (including phenoxy) is 1. The number of hydrogen-bond acceptors (Lipinski definition) is 7. The maximum Gasteiger partial charge on any atom is 0.241 e. The Morgan fingerprint density at radius 2 is 1.86 bits per heavy atom. The van der Waals surface area contributed by atoms with E-state index in [0.717, 1.165) is 61.6 Å². The summed E-state index contributed by atoms with van der Waals surface area (Å²) in [5.74, 6) is 0.670. The molecule has 1 saturated heterocycles. The highest BCUT2D eigenvalue weighted by molar-refractivity contribution is 5.78. The monoisotopic (exact) mass is 390 g/mol. The Morgan fingerprint density at radius 1 is 0.966 bits per heavy atom. The quantitative estimate of drug-likeness (QED) is 0.568. The number of fused-ring (bicyclic) bond motifs is 2. The SMILES string of the molecule is c1cn2nc(-c3ccn4nc(N[C@H]5C[C@@H](N6CCOCC6)C5)ncc34)ccc2n1. The molecule has 29 heavy (non-hydrogen) atoms. The van der Waals surface area contributed by atoms with Crippen LogP contribution < -0.4 is 5.32 Å². The molecule has 1 aliphatic carbocycles. The highest BCUT2D eigenvalue weighted by Crippen LogP contribution is 2.29. The maximum absolute atomic E-state index is 5.44. The summed E-state index contributed by atoms with van der Waals surface area (Å²) in [6.45, 7) is 3.80.